The molecule has 2 heterocycles. The van der Waals surface area contributed by atoms with Crippen LogP contribution in [0.1, 0.15) is 23.1 Å². The fourth-order valence-electron chi connectivity index (χ4n) is 3.47. The molecule has 0 amide bonds. The Balaban J connectivity index is 1.56. The maximum atomic E-state index is 14.1. The normalized spacial score (nSPS) is 13.3. The van der Waals surface area contributed by atoms with Crippen LogP contribution in [0, 0.1) is 5.82 Å². The highest BCUT2D eigenvalue weighted by Crippen LogP contribution is 2.31. The van der Waals surface area contributed by atoms with Crippen LogP contribution in [0.2, 0.25) is 10.0 Å². The van der Waals surface area contributed by atoms with Crippen LogP contribution < -0.4 is 9.64 Å². The molecule has 0 saturated carbocycles. The van der Waals surface area contributed by atoms with Gasteiger partial charge in [0.15, 0.2) is 0 Å². The van der Waals surface area contributed by atoms with Gasteiger partial charge in [0.05, 0.1) is 11.9 Å². The van der Waals surface area contributed by atoms with Crippen LogP contribution in [-0.2, 0) is 19.6 Å². The lowest BCUT2D eigenvalue weighted by molar-refractivity contribution is 0.296. The van der Waals surface area contributed by atoms with Crippen LogP contribution in [0.4, 0.5) is 10.1 Å². The van der Waals surface area contributed by atoms with Crippen molar-refractivity contribution < 1.29 is 9.13 Å². The Kier molecular flexibility index (Phi) is 5.69. The predicted molar refractivity (Wildman–Crippen MR) is 111 cm³/mol. The molecule has 28 heavy (non-hydrogen) atoms. The summed E-state index contributed by atoms with van der Waals surface area (Å²) in [7, 11) is 0. The number of ether oxygens (including phenoxy) is 1. The summed E-state index contributed by atoms with van der Waals surface area (Å²) in [5, 5.41) is 1.01. The predicted octanol–water partition coefficient (Wildman–Crippen LogP) is 6.06. The Morgan fingerprint density at radius 1 is 1.04 bits per heavy atom. The van der Waals surface area contributed by atoms with E-state index in [0.29, 0.717) is 27.9 Å². The lowest BCUT2D eigenvalue weighted by Crippen LogP contribution is -2.29. The molecule has 2 aromatic carbocycles. The van der Waals surface area contributed by atoms with Gasteiger partial charge in [0.1, 0.15) is 18.2 Å². The Hall–Kier alpha value is -2.30. The van der Waals surface area contributed by atoms with Crippen molar-refractivity contribution >= 4 is 28.9 Å². The van der Waals surface area contributed by atoms with Crippen molar-refractivity contribution in [3.05, 3.63) is 87.4 Å². The van der Waals surface area contributed by atoms with Crippen LogP contribution >= 0.6 is 23.2 Å². The zero-order valence-electron chi connectivity index (χ0n) is 15.2. The molecule has 1 aliphatic heterocycles. The average Bonchev–Trinajstić information content (AvgIpc) is 2.69. The lowest BCUT2D eigenvalue weighted by atomic mass is 10.0. The van der Waals surface area contributed by atoms with Crippen molar-refractivity contribution in [2.75, 3.05) is 11.4 Å². The zero-order chi connectivity index (χ0) is 19.5. The van der Waals surface area contributed by atoms with Gasteiger partial charge >= 0.3 is 0 Å². The Bertz CT molecular complexity index is 996. The Morgan fingerprint density at radius 3 is 2.71 bits per heavy atom. The third-order valence-corrected chi connectivity index (χ3v) is 5.35. The van der Waals surface area contributed by atoms with E-state index in [1.165, 1.54) is 11.6 Å². The van der Waals surface area contributed by atoms with Crippen LogP contribution in [0.5, 0.6) is 5.75 Å². The van der Waals surface area contributed by atoms with Crippen molar-refractivity contribution in [1.82, 2.24) is 4.98 Å². The number of benzene rings is 2. The van der Waals surface area contributed by atoms with Gasteiger partial charge in [0, 0.05) is 40.5 Å². The molecule has 0 atom stereocenters. The molecular weight excluding hydrogens is 398 g/mol. The molecule has 0 aliphatic carbocycles. The molecule has 1 aromatic heterocycles. The van der Waals surface area contributed by atoms with Crippen molar-refractivity contribution in [3.63, 3.8) is 0 Å². The Morgan fingerprint density at radius 2 is 1.86 bits per heavy atom. The molecule has 0 radical (unpaired) electrons. The van der Waals surface area contributed by atoms with E-state index in [1.807, 2.05) is 24.5 Å². The van der Waals surface area contributed by atoms with Crippen LogP contribution in [-0.4, -0.2) is 11.5 Å². The van der Waals surface area contributed by atoms with Crippen molar-refractivity contribution in [2.24, 2.45) is 0 Å². The van der Waals surface area contributed by atoms with Crippen LogP contribution in [0.15, 0.2) is 54.9 Å². The van der Waals surface area contributed by atoms with Gasteiger partial charge in [-0.05, 0) is 54.8 Å². The van der Waals surface area contributed by atoms with E-state index in [0.717, 1.165) is 30.6 Å². The molecule has 6 heteroatoms. The topological polar surface area (TPSA) is 25.4 Å². The van der Waals surface area contributed by atoms with E-state index in [4.69, 9.17) is 27.9 Å². The van der Waals surface area contributed by atoms with Gasteiger partial charge in [-0.25, -0.2) is 4.39 Å². The minimum atomic E-state index is -0.376. The zero-order valence-corrected chi connectivity index (χ0v) is 16.7. The van der Waals surface area contributed by atoms with Crippen LogP contribution in [0.25, 0.3) is 0 Å². The summed E-state index contributed by atoms with van der Waals surface area (Å²) in [5.74, 6) is 0.314. The molecule has 0 spiro atoms. The van der Waals surface area contributed by atoms with Crippen LogP contribution in [0.3, 0.4) is 0 Å². The van der Waals surface area contributed by atoms with E-state index in [2.05, 4.69) is 16.0 Å². The maximum Gasteiger partial charge on any atom is 0.131 e. The number of nitrogens with zero attached hydrogens (tertiary/aromatic N) is 2. The monoisotopic (exact) mass is 416 g/mol. The van der Waals surface area contributed by atoms with Crippen molar-refractivity contribution in [2.45, 2.75) is 26.0 Å². The van der Waals surface area contributed by atoms with Gasteiger partial charge in [-0.2, -0.15) is 0 Å². The number of halogens is 3. The molecular formula is C22H19Cl2FN2O. The number of pyridine rings is 1. The summed E-state index contributed by atoms with van der Waals surface area (Å²) >= 11 is 12.1. The second-order valence-corrected chi connectivity index (χ2v) is 7.68. The first-order valence-electron chi connectivity index (χ1n) is 9.13. The largest absolute Gasteiger partial charge is 0.488 e. The third-order valence-electron chi connectivity index (χ3n) is 4.88. The highest BCUT2D eigenvalue weighted by molar-refractivity contribution is 6.30. The van der Waals surface area contributed by atoms with Gasteiger partial charge in [0.2, 0.25) is 0 Å². The van der Waals surface area contributed by atoms with E-state index in [1.54, 1.807) is 18.2 Å². The fourth-order valence-corrected chi connectivity index (χ4v) is 3.82. The minimum Gasteiger partial charge on any atom is -0.488 e. The SMILES string of the molecule is Fc1cc(Cl)ccc1COc1ccc(Cl)cc1CN1CCCc2ccncc21. The maximum absolute atomic E-state index is 14.1. The number of hydrogen-bond acceptors (Lipinski definition) is 3. The molecule has 0 fully saturated rings. The third kappa shape index (κ3) is 4.23. The summed E-state index contributed by atoms with van der Waals surface area (Å²) in [5.41, 5.74) is 3.86. The fraction of sp³-hybridized carbons (Fsp3) is 0.227. The number of aromatic nitrogens is 1. The summed E-state index contributed by atoms with van der Waals surface area (Å²) < 4.78 is 20.0. The second kappa shape index (κ2) is 8.38. The highest BCUT2D eigenvalue weighted by Gasteiger charge is 2.19. The summed E-state index contributed by atoms with van der Waals surface area (Å²) in [6, 6.07) is 12.2. The average molecular weight is 417 g/mol. The summed E-state index contributed by atoms with van der Waals surface area (Å²) in [6.07, 6.45) is 5.88. The van der Waals surface area contributed by atoms with E-state index >= 15 is 0 Å². The molecule has 3 nitrogen and oxygen atoms in total. The van der Waals surface area contributed by atoms with Crippen molar-refractivity contribution in [1.29, 1.82) is 0 Å². The summed E-state index contributed by atoms with van der Waals surface area (Å²) in [6.45, 7) is 1.71. The van der Waals surface area contributed by atoms with Gasteiger partial charge in [-0.3, -0.25) is 4.98 Å². The van der Waals surface area contributed by atoms with E-state index in [9.17, 15) is 4.39 Å². The smallest absolute Gasteiger partial charge is 0.131 e. The molecule has 1 aliphatic rings. The first-order chi connectivity index (χ1) is 13.6. The first kappa shape index (κ1) is 19.0. The molecule has 0 saturated heterocycles. The highest BCUT2D eigenvalue weighted by atomic mass is 35.5. The molecule has 3 aromatic rings. The van der Waals surface area contributed by atoms with Gasteiger partial charge < -0.3 is 9.64 Å². The van der Waals surface area contributed by atoms with Gasteiger partial charge in [-0.15, -0.1) is 0 Å². The number of aryl methyl sites for hydroxylation is 1. The number of rotatable bonds is 5. The lowest BCUT2D eigenvalue weighted by Gasteiger charge is -2.31. The second-order valence-electron chi connectivity index (χ2n) is 6.81. The standard InChI is InChI=1S/C22H19Cl2FN2O/c23-18-5-6-22(28-14-16-3-4-19(24)11-20(16)25)17(10-18)13-27-9-1-2-15-7-8-26-12-21(15)27/h3-8,10-12H,1-2,9,13-14H2. The summed E-state index contributed by atoms with van der Waals surface area (Å²) in [4.78, 5) is 6.56. The number of hydrogen-bond donors (Lipinski definition) is 0. The first-order valence-corrected chi connectivity index (χ1v) is 9.89. The van der Waals surface area contributed by atoms with E-state index < -0.39 is 0 Å². The quantitative estimate of drug-likeness (QED) is 0.505. The van der Waals surface area contributed by atoms with E-state index in [-0.39, 0.29) is 12.4 Å². The van der Waals surface area contributed by atoms with Crippen molar-refractivity contribution in [3.8, 4) is 5.75 Å². The molecule has 144 valence electrons. The molecule has 0 bridgehead atoms. The molecule has 0 unspecified atom stereocenters. The minimum absolute atomic E-state index is 0.121. The van der Waals surface area contributed by atoms with Gasteiger partial charge in [0.25, 0.3) is 0 Å². The Labute approximate surface area is 173 Å². The molecule has 0 N–H and O–H groups in total. The number of anilines is 1. The molecule has 4 rings (SSSR count). The number of fused-ring (bicyclic) bond motifs is 1. The van der Waals surface area contributed by atoms with Gasteiger partial charge in [-0.1, -0.05) is 29.3 Å².